The molecule has 2 aromatic rings. The number of benzene rings is 2. The summed E-state index contributed by atoms with van der Waals surface area (Å²) in [5.41, 5.74) is 7.73. The number of thioether (sulfide) groups is 1. The predicted molar refractivity (Wildman–Crippen MR) is 99.3 cm³/mol. The fourth-order valence-corrected chi connectivity index (χ4v) is 2.81. The Morgan fingerprint density at radius 3 is 2.78 bits per heavy atom. The molecule has 0 unspecified atom stereocenters. The van der Waals surface area contributed by atoms with Crippen molar-refractivity contribution in [2.75, 3.05) is 7.11 Å². The molecular weight excluding hydrogens is 378 g/mol. The SMILES string of the molecule is COc1cc(C=NN=C(N)SCc2ccccc2)cc(Br)c1O. The van der Waals surface area contributed by atoms with Crippen molar-refractivity contribution in [2.24, 2.45) is 15.9 Å². The van der Waals surface area contributed by atoms with E-state index in [1.807, 2.05) is 30.3 Å². The van der Waals surface area contributed by atoms with Crippen molar-refractivity contribution in [3.63, 3.8) is 0 Å². The molecule has 0 atom stereocenters. The largest absolute Gasteiger partial charge is 0.503 e. The second kappa shape index (κ2) is 8.59. The molecule has 0 aromatic heterocycles. The number of hydrogen-bond donors (Lipinski definition) is 2. The molecule has 0 heterocycles. The minimum atomic E-state index is 0.0473. The molecule has 7 heteroatoms. The van der Waals surface area contributed by atoms with E-state index in [9.17, 15) is 5.11 Å². The van der Waals surface area contributed by atoms with Gasteiger partial charge in [-0.3, -0.25) is 0 Å². The van der Waals surface area contributed by atoms with Crippen LogP contribution in [0.25, 0.3) is 0 Å². The molecule has 2 aromatic carbocycles. The summed E-state index contributed by atoms with van der Waals surface area (Å²) in [4.78, 5) is 0. The van der Waals surface area contributed by atoms with E-state index in [0.717, 1.165) is 11.3 Å². The first-order valence-electron chi connectivity index (χ1n) is 6.70. The number of phenols is 1. The Labute approximate surface area is 147 Å². The standard InChI is InChI=1S/C16H16BrN3O2S/c1-22-14-8-12(7-13(17)15(14)21)9-19-20-16(18)23-10-11-5-3-2-4-6-11/h2-9,21H,10H2,1H3,(H2,18,20). The number of methoxy groups -OCH3 is 1. The monoisotopic (exact) mass is 393 g/mol. The van der Waals surface area contributed by atoms with Crippen LogP contribution < -0.4 is 10.5 Å². The second-order valence-electron chi connectivity index (χ2n) is 4.51. The maximum absolute atomic E-state index is 9.75. The normalized spacial score (nSPS) is 11.8. The van der Waals surface area contributed by atoms with Crippen molar-refractivity contribution in [2.45, 2.75) is 5.75 Å². The van der Waals surface area contributed by atoms with E-state index in [1.165, 1.54) is 24.4 Å². The molecule has 0 amide bonds. The highest BCUT2D eigenvalue weighted by Gasteiger charge is 2.07. The number of rotatable bonds is 5. The maximum Gasteiger partial charge on any atom is 0.180 e. The van der Waals surface area contributed by atoms with Crippen molar-refractivity contribution in [3.05, 3.63) is 58.1 Å². The van der Waals surface area contributed by atoms with Crippen LogP contribution in [0.2, 0.25) is 0 Å². The highest BCUT2D eigenvalue weighted by Crippen LogP contribution is 2.34. The van der Waals surface area contributed by atoms with Crippen LogP contribution in [0, 0.1) is 0 Å². The third-order valence-corrected chi connectivity index (χ3v) is 4.32. The second-order valence-corrected chi connectivity index (χ2v) is 6.36. The Morgan fingerprint density at radius 2 is 2.09 bits per heavy atom. The molecule has 0 spiro atoms. The van der Waals surface area contributed by atoms with Crippen LogP contribution in [-0.2, 0) is 5.75 Å². The molecule has 120 valence electrons. The first kappa shape index (κ1) is 17.4. The maximum atomic E-state index is 9.75. The van der Waals surface area contributed by atoms with E-state index in [2.05, 4.69) is 26.1 Å². The minimum Gasteiger partial charge on any atom is -0.503 e. The number of hydrogen-bond acceptors (Lipinski definition) is 5. The van der Waals surface area contributed by atoms with Crippen molar-refractivity contribution < 1.29 is 9.84 Å². The van der Waals surface area contributed by atoms with E-state index in [4.69, 9.17) is 10.5 Å². The molecule has 0 aliphatic heterocycles. The quantitative estimate of drug-likeness (QED) is 0.460. The Hall–Kier alpha value is -1.99. The summed E-state index contributed by atoms with van der Waals surface area (Å²) in [6.07, 6.45) is 1.54. The van der Waals surface area contributed by atoms with E-state index in [1.54, 1.807) is 18.3 Å². The van der Waals surface area contributed by atoms with Gasteiger partial charge in [0.05, 0.1) is 17.8 Å². The predicted octanol–water partition coefficient (Wildman–Crippen LogP) is 3.75. The molecule has 3 N–H and O–H groups in total. The van der Waals surface area contributed by atoms with Gasteiger partial charge in [0.15, 0.2) is 16.7 Å². The van der Waals surface area contributed by atoms with Gasteiger partial charge in [-0.2, -0.15) is 5.10 Å². The van der Waals surface area contributed by atoms with Crippen LogP contribution in [0.3, 0.4) is 0 Å². The van der Waals surface area contributed by atoms with Gasteiger partial charge in [-0.15, -0.1) is 5.10 Å². The van der Waals surface area contributed by atoms with Gasteiger partial charge in [-0.1, -0.05) is 42.1 Å². The van der Waals surface area contributed by atoms with Crippen LogP contribution in [0.4, 0.5) is 0 Å². The van der Waals surface area contributed by atoms with Crippen LogP contribution in [0.5, 0.6) is 11.5 Å². The average Bonchev–Trinajstić information content (AvgIpc) is 2.57. The van der Waals surface area contributed by atoms with Crippen molar-refractivity contribution in [3.8, 4) is 11.5 Å². The number of aromatic hydroxyl groups is 1. The molecule has 23 heavy (non-hydrogen) atoms. The molecular formula is C16H16BrN3O2S. The lowest BCUT2D eigenvalue weighted by molar-refractivity contribution is 0.372. The van der Waals surface area contributed by atoms with Gasteiger partial charge < -0.3 is 15.6 Å². The number of halogens is 1. The number of nitrogens with zero attached hydrogens (tertiary/aromatic N) is 2. The smallest absolute Gasteiger partial charge is 0.180 e. The topological polar surface area (TPSA) is 80.2 Å². The third-order valence-electron chi connectivity index (χ3n) is 2.86. The fraction of sp³-hybridized carbons (Fsp3) is 0.125. The Morgan fingerprint density at radius 1 is 1.35 bits per heavy atom. The van der Waals surface area contributed by atoms with Gasteiger partial charge in [0, 0.05) is 5.75 Å². The summed E-state index contributed by atoms with van der Waals surface area (Å²) in [5.74, 6) is 1.15. The van der Waals surface area contributed by atoms with Gasteiger partial charge in [-0.25, -0.2) is 0 Å². The molecule has 0 aliphatic rings. The van der Waals surface area contributed by atoms with E-state index < -0.39 is 0 Å². The lowest BCUT2D eigenvalue weighted by atomic mass is 10.2. The molecule has 0 saturated carbocycles. The molecule has 2 rings (SSSR count). The number of phenolic OH excluding ortho intramolecular Hbond substituents is 1. The van der Waals surface area contributed by atoms with E-state index in [0.29, 0.717) is 15.4 Å². The Kier molecular flexibility index (Phi) is 6.49. The summed E-state index contributed by atoms with van der Waals surface area (Å²) in [6.45, 7) is 0. The summed E-state index contributed by atoms with van der Waals surface area (Å²) < 4.78 is 5.60. The number of ether oxygens (including phenoxy) is 1. The number of amidine groups is 1. The van der Waals surface area contributed by atoms with Crippen molar-refractivity contribution in [1.29, 1.82) is 0 Å². The number of nitrogens with two attached hydrogens (primary N) is 1. The fourth-order valence-electron chi connectivity index (χ4n) is 1.74. The minimum absolute atomic E-state index is 0.0473. The highest BCUT2D eigenvalue weighted by atomic mass is 79.9. The van der Waals surface area contributed by atoms with Gasteiger partial charge in [0.2, 0.25) is 0 Å². The summed E-state index contributed by atoms with van der Waals surface area (Å²) in [5, 5.41) is 18.0. The molecule has 0 aliphatic carbocycles. The van der Waals surface area contributed by atoms with Gasteiger partial charge in [-0.05, 0) is 39.2 Å². The lowest BCUT2D eigenvalue weighted by Gasteiger charge is -2.05. The third kappa shape index (κ3) is 5.30. The Bertz CT molecular complexity index is 721. The molecule has 5 nitrogen and oxygen atoms in total. The summed E-state index contributed by atoms with van der Waals surface area (Å²) in [6, 6.07) is 13.4. The van der Waals surface area contributed by atoms with Crippen LogP contribution in [-0.4, -0.2) is 23.6 Å². The first-order chi connectivity index (χ1) is 11.1. The van der Waals surface area contributed by atoms with Crippen molar-refractivity contribution in [1.82, 2.24) is 0 Å². The highest BCUT2D eigenvalue weighted by molar-refractivity contribution is 9.10. The van der Waals surface area contributed by atoms with Crippen LogP contribution in [0.1, 0.15) is 11.1 Å². The Balaban J connectivity index is 1.98. The summed E-state index contributed by atoms with van der Waals surface area (Å²) >= 11 is 4.67. The molecule has 0 radical (unpaired) electrons. The molecule has 0 fully saturated rings. The van der Waals surface area contributed by atoms with Gasteiger partial charge in [0.1, 0.15) is 0 Å². The zero-order valence-corrected chi connectivity index (χ0v) is 14.8. The van der Waals surface area contributed by atoms with E-state index in [-0.39, 0.29) is 5.75 Å². The average molecular weight is 394 g/mol. The van der Waals surface area contributed by atoms with E-state index >= 15 is 0 Å². The molecule has 0 bridgehead atoms. The van der Waals surface area contributed by atoms with Crippen molar-refractivity contribution >= 4 is 39.1 Å². The first-order valence-corrected chi connectivity index (χ1v) is 8.47. The van der Waals surface area contributed by atoms with Gasteiger partial charge in [0.25, 0.3) is 0 Å². The zero-order chi connectivity index (χ0) is 16.7. The van der Waals surface area contributed by atoms with Gasteiger partial charge >= 0.3 is 0 Å². The van der Waals surface area contributed by atoms with Crippen LogP contribution in [0.15, 0.2) is 57.1 Å². The molecule has 0 saturated heterocycles. The lowest BCUT2D eigenvalue weighted by Crippen LogP contribution is -2.06. The zero-order valence-electron chi connectivity index (χ0n) is 12.4. The summed E-state index contributed by atoms with van der Waals surface area (Å²) in [7, 11) is 1.48. The van der Waals surface area contributed by atoms with Crippen LogP contribution >= 0.6 is 27.7 Å².